The summed E-state index contributed by atoms with van der Waals surface area (Å²) in [5.41, 5.74) is 0. The molecule has 0 radical (unpaired) electrons. The molecule has 0 amide bonds. The van der Waals surface area contributed by atoms with Crippen molar-refractivity contribution in [2.45, 2.75) is 5.82 Å². The minimum absolute atomic E-state index is 0.555. The van der Waals surface area contributed by atoms with Crippen LogP contribution in [0.25, 0.3) is 0 Å². The molecule has 0 spiro atoms. The molecule has 0 fully saturated rings. The molecule has 0 aliphatic heterocycles. The van der Waals surface area contributed by atoms with Crippen LogP contribution in [0.2, 0.25) is 0 Å². The van der Waals surface area contributed by atoms with E-state index in [9.17, 15) is 0 Å². The predicted molar refractivity (Wildman–Crippen MR) is 244 cm³/mol. The maximum absolute atomic E-state index is 2.44. The molecule has 0 aromatic heterocycles. The molecule has 0 bridgehead atoms. The van der Waals surface area contributed by atoms with Crippen LogP contribution >= 0.6 is 31.7 Å². The van der Waals surface area contributed by atoms with E-state index < -0.39 is 56.3 Å². The second kappa shape index (κ2) is 19.5. The summed E-state index contributed by atoms with van der Waals surface area (Å²) in [6.45, 7) is 0. The Hall–Kier alpha value is -3.58. The van der Waals surface area contributed by atoms with Gasteiger partial charge in [-0.1, -0.05) is 0 Å². The summed E-state index contributed by atoms with van der Waals surface area (Å²) >= 11 is -2.22. The van der Waals surface area contributed by atoms with Crippen LogP contribution in [0.1, 0.15) is 0 Å². The second-order valence-electron chi connectivity index (χ2n) is 13.4. The zero-order chi connectivity index (χ0) is 37.1. The van der Waals surface area contributed by atoms with Crippen LogP contribution < -0.4 is 42.4 Å². The van der Waals surface area contributed by atoms with Crippen LogP contribution in [-0.2, 0) is 24.6 Å². The third kappa shape index (κ3) is 9.35. The SMILES string of the molecule is c1ccc(P(c2ccccc2)[CH]([Hg][CH](P(c2ccccc2)c2ccccc2)P(c2ccccc2)c2ccccc2)P(c2ccccc2)c2ccccc2)cc1. The molecule has 8 aromatic carbocycles. The predicted octanol–water partition coefficient (Wildman–Crippen LogP) is 10.2. The Morgan fingerprint density at radius 3 is 0.455 bits per heavy atom. The summed E-state index contributed by atoms with van der Waals surface area (Å²) in [6, 6.07) is 92.9. The number of hydrogen-bond donors (Lipinski definition) is 0. The van der Waals surface area contributed by atoms with Gasteiger partial charge in [-0.05, 0) is 0 Å². The van der Waals surface area contributed by atoms with Crippen molar-refractivity contribution in [3.8, 4) is 0 Å². The van der Waals surface area contributed by atoms with E-state index in [0.717, 1.165) is 0 Å². The molecule has 8 rings (SSSR count). The van der Waals surface area contributed by atoms with Crippen molar-refractivity contribution < 1.29 is 24.6 Å². The standard InChI is InChI=1S/2C25H21P2.Hg/c2*1-5-13-22(14-6-1)26(23-15-7-2-8-16-23)21-27(24-17-9-3-10-18-24)25-19-11-4-12-20-25;/h2*1-21H;. The van der Waals surface area contributed by atoms with Gasteiger partial charge in [0.2, 0.25) is 0 Å². The molecular weight excluding hydrogens is 925 g/mol. The van der Waals surface area contributed by atoms with Gasteiger partial charge in [-0.25, -0.2) is 0 Å². The van der Waals surface area contributed by atoms with E-state index in [0.29, 0.717) is 5.82 Å². The van der Waals surface area contributed by atoms with Gasteiger partial charge in [-0.2, -0.15) is 0 Å². The molecule has 8 aromatic rings. The molecule has 0 saturated carbocycles. The van der Waals surface area contributed by atoms with Gasteiger partial charge >= 0.3 is 347 Å². The van der Waals surface area contributed by atoms with Gasteiger partial charge in [-0.3, -0.25) is 0 Å². The normalized spacial score (nSPS) is 11.5. The molecule has 0 aliphatic rings. The van der Waals surface area contributed by atoms with E-state index in [2.05, 4.69) is 243 Å². The minimum atomic E-state index is -2.22. The van der Waals surface area contributed by atoms with Gasteiger partial charge in [0.15, 0.2) is 0 Å². The van der Waals surface area contributed by atoms with Crippen LogP contribution in [0.15, 0.2) is 243 Å². The average molecular weight is 967 g/mol. The Morgan fingerprint density at radius 1 is 0.200 bits per heavy atom. The molecule has 5 heteroatoms. The van der Waals surface area contributed by atoms with Crippen molar-refractivity contribution in [3.63, 3.8) is 0 Å². The fourth-order valence-corrected chi connectivity index (χ4v) is 65.5. The zero-order valence-electron chi connectivity index (χ0n) is 30.7. The Balaban J connectivity index is 1.44. The van der Waals surface area contributed by atoms with Gasteiger partial charge in [0, 0.05) is 0 Å². The average Bonchev–Trinajstić information content (AvgIpc) is 3.27. The summed E-state index contributed by atoms with van der Waals surface area (Å²) < 4.78 is 1.11. The van der Waals surface area contributed by atoms with Crippen LogP contribution in [0, 0.1) is 0 Å². The molecule has 0 aliphatic carbocycles. The van der Waals surface area contributed by atoms with Crippen molar-refractivity contribution in [1.82, 2.24) is 0 Å². The second-order valence-corrected chi connectivity index (χ2v) is 42.6. The van der Waals surface area contributed by atoms with Crippen molar-refractivity contribution in [2.24, 2.45) is 0 Å². The Bertz CT molecular complexity index is 1810. The quantitative estimate of drug-likeness (QED) is 0.0753. The first kappa shape index (κ1) is 38.3. The first-order valence-electron chi connectivity index (χ1n) is 18.9. The van der Waals surface area contributed by atoms with E-state index >= 15 is 0 Å². The van der Waals surface area contributed by atoms with Crippen molar-refractivity contribution in [3.05, 3.63) is 243 Å². The molecule has 0 unspecified atom stereocenters. The van der Waals surface area contributed by atoms with Gasteiger partial charge < -0.3 is 0 Å². The number of benzene rings is 8. The Kier molecular flexibility index (Phi) is 13.6. The topological polar surface area (TPSA) is 0 Å². The third-order valence-corrected chi connectivity index (χ3v) is 49.6. The zero-order valence-corrected chi connectivity index (χ0v) is 39.8. The maximum atomic E-state index is 2.44. The first-order chi connectivity index (χ1) is 27.3. The summed E-state index contributed by atoms with van der Waals surface area (Å²) in [6.07, 6.45) is 0. The van der Waals surface area contributed by atoms with E-state index in [4.69, 9.17) is 0 Å². The molecule has 264 valence electrons. The molecule has 55 heavy (non-hydrogen) atoms. The summed E-state index contributed by atoms with van der Waals surface area (Å²) in [5.74, 6) is 0. The summed E-state index contributed by atoms with van der Waals surface area (Å²) in [7, 11) is -2.84. The molecule has 0 saturated heterocycles. The van der Waals surface area contributed by atoms with E-state index in [1.165, 1.54) is 42.4 Å². The van der Waals surface area contributed by atoms with Crippen molar-refractivity contribution >= 4 is 74.1 Å². The molecule has 0 heterocycles. The Labute approximate surface area is 344 Å². The monoisotopic (exact) mass is 968 g/mol. The molecular formula is C50H42HgP4. The first-order valence-corrected chi connectivity index (χ1v) is 30.9. The van der Waals surface area contributed by atoms with Gasteiger partial charge in [-0.15, -0.1) is 0 Å². The van der Waals surface area contributed by atoms with Crippen LogP contribution in [-0.4, -0.2) is 5.82 Å². The number of rotatable bonds is 14. The van der Waals surface area contributed by atoms with Crippen LogP contribution in [0.5, 0.6) is 0 Å². The molecule has 0 nitrogen and oxygen atoms in total. The van der Waals surface area contributed by atoms with Gasteiger partial charge in [0.25, 0.3) is 0 Å². The fourth-order valence-electron chi connectivity index (χ4n) is 7.52. The van der Waals surface area contributed by atoms with Crippen molar-refractivity contribution in [2.75, 3.05) is 0 Å². The molecule has 0 atom stereocenters. The van der Waals surface area contributed by atoms with Gasteiger partial charge in [0.1, 0.15) is 0 Å². The summed E-state index contributed by atoms with van der Waals surface area (Å²) in [5, 5.41) is 12.0. The fraction of sp³-hybridized carbons (Fsp3) is 0.0400. The molecule has 0 N–H and O–H groups in total. The van der Waals surface area contributed by atoms with Crippen LogP contribution in [0.4, 0.5) is 0 Å². The van der Waals surface area contributed by atoms with E-state index in [1.54, 1.807) is 0 Å². The van der Waals surface area contributed by atoms with Crippen molar-refractivity contribution in [1.29, 1.82) is 0 Å². The Morgan fingerprint density at radius 2 is 0.327 bits per heavy atom. The van der Waals surface area contributed by atoms with E-state index in [1.807, 2.05) is 0 Å². The third-order valence-electron chi connectivity index (χ3n) is 9.89. The van der Waals surface area contributed by atoms with Gasteiger partial charge in [0.05, 0.1) is 0 Å². The van der Waals surface area contributed by atoms with Crippen LogP contribution in [0.3, 0.4) is 0 Å². The van der Waals surface area contributed by atoms with E-state index in [-0.39, 0.29) is 0 Å². The summed E-state index contributed by atoms with van der Waals surface area (Å²) in [4.78, 5) is 0. The number of hydrogen-bond acceptors (Lipinski definition) is 0.